The number of sulfonamides is 1. The number of aryl methyl sites for hydroxylation is 1. The van der Waals surface area contributed by atoms with Gasteiger partial charge in [0.1, 0.15) is 0 Å². The number of carbonyl (C=O) groups excluding carboxylic acids is 1. The molecule has 1 aromatic carbocycles. The minimum absolute atomic E-state index is 0.0384. The third-order valence-electron chi connectivity index (χ3n) is 6.72. The highest BCUT2D eigenvalue weighted by Crippen LogP contribution is 2.44. The Kier molecular flexibility index (Phi) is 5.30. The molecule has 0 unspecified atom stereocenters. The van der Waals surface area contributed by atoms with Crippen molar-refractivity contribution in [3.05, 3.63) is 35.4 Å². The Labute approximate surface area is 162 Å². The van der Waals surface area contributed by atoms with E-state index < -0.39 is 10.0 Å². The number of rotatable bonds is 5. The number of piperidine rings is 1. The molecule has 0 spiro atoms. The van der Waals surface area contributed by atoms with Gasteiger partial charge in [-0.2, -0.15) is 0 Å². The lowest BCUT2D eigenvalue weighted by molar-refractivity contribution is -0.127. The Morgan fingerprint density at radius 3 is 2.56 bits per heavy atom. The van der Waals surface area contributed by atoms with Crippen molar-refractivity contribution in [1.82, 2.24) is 9.62 Å². The van der Waals surface area contributed by atoms with Gasteiger partial charge in [0.15, 0.2) is 0 Å². The van der Waals surface area contributed by atoms with Crippen LogP contribution in [0.1, 0.15) is 49.7 Å². The van der Waals surface area contributed by atoms with E-state index in [1.54, 1.807) is 4.31 Å². The number of nitrogens with zero attached hydrogens (tertiary/aromatic N) is 1. The summed E-state index contributed by atoms with van der Waals surface area (Å²) in [4.78, 5) is 12.6. The summed E-state index contributed by atoms with van der Waals surface area (Å²) in [6.45, 7) is 2.86. The van der Waals surface area contributed by atoms with Gasteiger partial charge in [-0.3, -0.25) is 4.79 Å². The normalized spacial score (nSPS) is 29.1. The molecular weight excluding hydrogens is 360 g/mol. The zero-order valence-electron chi connectivity index (χ0n) is 16.1. The van der Waals surface area contributed by atoms with Crippen LogP contribution in [-0.4, -0.2) is 37.8 Å². The van der Waals surface area contributed by atoms with Gasteiger partial charge >= 0.3 is 0 Å². The van der Waals surface area contributed by atoms with Crippen molar-refractivity contribution < 1.29 is 13.2 Å². The molecule has 3 aliphatic rings. The fourth-order valence-electron chi connectivity index (χ4n) is 5.22. The first-order valence-corrected chi connectivity index (χ1v) is 11.9. The molecule has 1 aliphatic heterocycles. The molecule has 6 heteroatoms. The van der Waals surface area contributed by atoms with Crippen LogP contribution in [0.4, 0.5) is 0 Å². The smallest absolute Gasteiger partial charge is 0.223 e. The lowest BCUT2D eigenvalue weighted by Crippen LogP contribution is -2.46. The summed E-state index contributed by atoms with van der Waals surface area (Å²) in [6, 6.07) is 8.01. The first kappa shape index (κ1) is 18.9. The number of fused-ring (bicyclic) bond motifs is 2. The molecule has 0 radical (unpaired) electrons. The van der Waals surface area contributed by atoms with Gasteiger partial charge in [0, 0.05) is 25.0 Å². The summed E-state index contributed by atoms with van der Waals surface area (Å²) in [7, 11) is -3.33. The van der Waals surface area contributed by atoms with E-state index >= 15 is 0 Å². The Morgan fingerprint density at radius 1 is 1.15 bits per heavy atom. The predicted molar refractivity (Wildman–Crippen MR) is 105 cm³/mol. The molecule has 1 aromatic rings. The fraction of sp³-hybridized carbons (Fsp3) is 0.667. The summed E-state index contributed by atoms with van der Waals surface area (Å²) in [5, 5.41) is 3.27. The summed E-state index contributed by atoms with van der Waals surface area (Å²) in [5.74, 6) is 1.62. The number of amides is 1. The number of carbonyl (C=O) groups is 1. The van der Waals surface area contributed by atoms with Gasteiger partial charge in [-0.15, -0.1) is 0 Å². The van der Waals surface area contributed by atoms with Crippen LogP contribution in [0, 0.1) is 24.7 Å². The van der Waals surface area contributed by atoms with E-state index in [2.05, 4.69) is 5.32 Å². The first-order valence-electron chi connectivity index (χ1n) is 10.2. The average Bonchev–Trinajstić information content (AvgIpc) is 3.24. The van der Waals surface area contributed by atoms with Gasteiger partial charge < -0.3 is 5.32 Å². The van der Waals surface area contributed by atoms with Crippen LogP contribution in [-0.2, 0) is 20.6 Å². The van der Waals surface area contributed by atoms with Gasteiger partial charge in [-0.05, 0) is 56.4 Å². The van der Waals surface area contributed by atoms with E-state index in [0.717, 1.165) is 23.5 Å². The third kappa shape index (κ3) is 4.21. The molecule has 2 aliphatic carbocycles. The molecule has 1 N–H and O–H groups in total. The second-order valence-electron chi connectivity index (χ2n) is 8.71. The highest BCUT2D eigenvalue weighted by molar-refractivity contribution is 7.88. The van der Waals surface area contributed by atoms with Crippen molar-refractivity contribution in [2.24, 2.45) is 17.8 Å². The standard InChI is InChI=1S/C21H30N2O3S/c1-15-3-2-4-17(11-15)14-27(25,26)23-9-7-18(8-10-23)21(24)22-20-13-16-5-6-19(20)12-16/h2-4,11,16,18-20H,5-10,12-14H2,1H3,(H,22,24)/t16-,19-,20+/m1/s1. The van der Waals surface area contributed by atoms with Crippen LogP contribution in [0.2, 0.25) is 0 Å². The molecular formula is C21H30N2O3S. The molecule has 4 rings (SSSR count). The Balaban J connectivity index is 1.29. The molecule has 148 valence electrons. The minimum atomic E-state index is -3.33. The Bertz CT molecular complexity index is 799. The zero-order chi connectivity index (χ0) is 19.0. The van der Waals surface area contributed by atoms with Crippen LogP contribution >= 0.6 is 0 Å². The predicted octanol–water partition coefficient (Wildman–Crippen LogP) is 2.84. The maximum Gasteiger partial charge on any atom is 0.223 e. The Hall–Kier alpha value is -1.40. The number of hydrogen-bond donors (Lipinski definition) is 1. The fourth-order valence-corrected chi connectivity index (χ4v) is 6.77. The molecule has 5 nitrogen and oxygen atoms in total. The monoisotopic (exact) mass is 390 g/mol. The largest absolute Gasteiger partial charge is 0.353 e. The van der Waals surface area contributed by atoms with Crippen LogP contribution in [0.3, 0.4) is 0 Å². The van der Waals surface area contributed by atoms with Crippen LogP contribution in [0.25, 0.3) is 0 Å². The molecule has 2 saturated carbocycles. The van der Waals surface area contributed by atoms with Gasteiger partial charge in [-0.1, -0.05) is 36.2 Å². The summed E-state index contributed by atoms with van der Waals surface area (Å²) < 4.78 is 27.0. The van der Waals surface area contributed by atoms with E-state index in [0.29, 0.717) is 37.9 Å². The SMILES string of the molecule is Cc1cccc(CS(=O)(=O)N2CCC(C(=O)N[C@H]3C[C@@H]4CC[C@@H]3C4)CC2)c1. The van der Waals surface area contributed by atoms with Crippen molar-refractivity contribution in [1.29, 1.82) is 0 Å². The summed E-state index contributed by atoms with van der Waals surface area (Å²) in [5.41, 5.74) is 1.89. The molecule has 1 saturated heterocycles. The van der Waals surface area contributed by atoms with E-state index in [1.165, 1.54) is 19.3 Å². The van der Waals surface area contributed by atoms with E-state index in [4.69, 9.17) is 0 Å². The Morgan fingerprint density at radius 2 is 1.93 bits per heavy atom. The van der Waals surface area contributed by atoms with Crippen molar-refractivity contribution in [2.75, 3.05) is 13.1 Å². The average molecular weight is 391 g/mol. The number of hydrogen-bond acceptors (Lipinski definition) is 3. The van der Waals surface area contributed by atoms with Crippen LogP contribution in [0.15, 0.2) is 24.3 Å². The van der Waals surface area contributed by atoms with Crippen LogP contribution < -0.4 is 5.32 Å². The quantitative estimate of drug-likeness (QED) is 0.841. The lowest BCUT2D eigenvalue weighted by atomic mass is 9.93. The summed E-state index contributed by atoms with van der Waals surface area (Å²) >= 11 is 0. The van der Waals surface area contributed by atoms with Crippen molar-refractivity contribution in [3.63, 3.8) is 0 Å². The molecule has 3 atom stereocenters. The highest BCUT2D eigenvalue weighted by atomic mass is 32.2. The topological polar surface area (TPSA) is 66.5 Å². The van der Waals surface area contributed by atoms with E-state index in [-0.39, 0.29) is 17.6 Å². The second-order valence-corrected chi connectivity index (χ2v) is 10.7. The van der Waals surface area contributed by atoms with Crippen molar-refractivity contribution in [3.8, 4) is 0 Å². The third-order valence-corrected chi connectivity index (χ3v) is 8.57. The van der Waals surface area contributed by atoms with Crippen molar-refractivity contribution in [2.45, 2.75) is 57.2 Å². The molecule has 3 fully saturated rings. The number of nitrogens with one attached hydrogen (secondary N) is 1. The molecule has 2 bridgehead atoms. The number of benzene rings is 1. The van der Waals surface area contributed by atoms with E-state index in [1.807, 2.05) is 31.2 Å². The highest BCUT2D eigenvalue weighted by Gasteiger charge is 2.41. The van der Waals surface area contributed by atoms with Gasteiger partial charge in [0.05, 0.1) is 5.75 Å². The van der Waals surface area contributed by atoms with E-state index in [9.17, 15) is 13.2 Å². The van der Waals surface area contributed by atoms with Crippen molar-refractivity contribution >= 4 is 15.9 Å². The lowest BCUT2D eigenvalue weighted by Gasteiger charge is -2.32. The second kappa shape index (κ2) is 7.55. The summed E-state index contributed by atoms with van der Waals surface area (Å²) in [6.07, 6.45) is 6.25. The maximum absolute atomic E-state index is 12.7. The molecule has 1 heterocycles. The molecule has 1 amide bonds. The maximum atomic E-state index is 12.7. The zero-order valence-corrected chi connectivity index (χ0v) is 16.9. The molecule has 0 aromatic heterocycles. The van der Waals surface area contributed by atoms with Gasteiger partial charge in [0.25, 0.3) is 0 Å². The minimum Gasteiger partial charge on any atom is -0.353 e. The van der Waals surface area contributed by atoms with Crippen LogP contribution in [0.5, 0.6) is 0 Å². The first-order chi connectivity index (χ1) is 12.9. The van der Waals surface area contributed by atoms with Gasteiger partial charge in [0.2, 0.25) is 15.9 Å². The van der Waals surface area contributed by atoms with Gasteiger partial charge in [-0.25, -0.2) is 12.7 Å². The molecule has 27 heavy (non-hydrogen) atoms.